The summed E-state index contributed by atoms with van der Waals surface area (Å²) in [7, 11) is 1.70. The third-order valence-corrected chi connectivity index (χ3v) is 4.49. The highest BCUT2D eigenvalue weighted by molar-refractivity contribution is 5.81. The monoisotopic (exact) mass is 269 g/mol. The maximum atomic E-state index is 11.7. The van der Waals surface area contributed by atoms with Crippen LogP contribution in [0.3, 0.4) is 0 Å². The van der Waals surface area contributed by atoms with Gasteiger partial charge in [-0.05, 0) is 59.2 Å². The van der Waals surface area contributed by atoms with E-state index in [-0.39, 0.29) is 11.3 Å². The molecule has 4 nitrogen and oxygen atoms in total. The van der Waals surface area contributed by atoms with Crippen LogP contribution in [-0.2, 0) is 4.79 Å². The van der Waals surface area contributed by atoms with E-state index >= 15 is 0 Å². The molecule has 0 bridgehead atoms. The lowest BCUT2D eigenvalue weighted by Crippen LogP contribution is -2.48. The van der Waals surface area contributed by atoms with E-state index in [2.05, 4.69) is 29.4 Å². The number of hydrogen-bond acceptors (Lipinski definition) is 3. The molecule has 1 atom stereocenters. The zero-order chi connectivity index (χ0) is 14.5. The molecule has 1 aliphatic heterocycles. The number of likely N-dealkylation sites (tertiary alicyclic amines) is 1. The quantitative estimate of drug-likeness (QED) is 0.767. The molecular weight excluding hydrogens is 238 g/mol. The first-order valence-corrected chi connectivity index (χ1v) is 7.58. The molecule has 1 rings (SSSR count). The van der Waals surface area contributed by atoms with Crippen molar-refractivity contribution in [3.05, 3.63) is 0 Å². The van der Waals surface area contributed by atoms with Crippen LogP contribution in [-0.4, -0.2) is 50.1 Å². The smallest absolute Gasteiger partial charge is 0.226 e. The van der Waals surface area contributed by atoms with E-state index in [1.807, 2.05) is 13.8 Å². The number of hydrogen-bond donors (Lipinski definition) is 2. The Labute approximate surface area is 118 Å². The largest absolute Gasteiger partial charge is 0.359 e. The van der Waals surface area contributed by atoms with E-state index in [1.54, 1.807) is 7.05 Å². The molecule has 1 amide bonds. The third kappa shape index (κ3) is 4.77. The summed E-state index contributed by atoms with van der Waals surface area (Å²) in [4.78, 5) is 14.3. The van der Waals surface area contributed by atoms with Crippen molar-refractivity contribution in [2.45, 2.75) is 46.6 Å². The van der Waals surface area contributed by atoms with Gasteiger partial charge in [0.15, 0.2) is 0 Å². The predicted octanol–water partition coefficient (Wildman–Crippen LogP) is 1.47. The zero-order valence-electron chi connectivity index (χ0n) is 13.3. The molecule has 2 N–H and O–H groups in total. The van der Waals surface area contributed by atoms with Crippen LogP contribution in [0, 0.1) is 11.3 Å². The molecule has 1 fully saturated rings. The third-order valence-electron chi connectivity index (χ3n) is 4.49. The van der Waals surface area contributed by atoms with Crippen LogP contribution >= 0.6 is 0 Å². The van der Waals surface area contributed by atoms with Crippen molar-refractivity contribution in [1.82, 2.24) is 15.5 Å². The summed E-state index contributed by atoms with van der Waals surface area (Å²) in [5.41, 5.74) is -0.340. The van der Waals surface area contributed by atoms with Gasteiger partial charge in [-0.15, -0.1) is 0 Å². The maximum absolute atomic E-state index is 11.7. The number of carbonyl (C=O) groups is 1. The SMILES string of the molecule is CCN1CCC(C(C)NCC(C)(C)C(=O)NC)CC1. The van der Waals surface area contributed by atoms with Gasteiger partial charge >= 0.3 is 0 Å². The van der Waals surface area contributed by atoms with Gasteiger partial charge in [0.1, 0.15) is 0 Å². The first-order chi connectivity index (χ1) is 8.90. The van der Waals surface area contributed by atoms with Gasteiger partial charge < -0.3 is 15.5 Å². The Hall–Kier alpha value is -0.610. The van der Waals surface area contributed by atoms with Crippen molar-refractivity contribution in [2.75, 3.05) is 33.2 Å². The van der Waals surface area contributed by atoms with Crippen LogP contribution in [0.25, 0.3) is 0 Å². The number of nitrogens with one attached hydrogen (secondary N) is 2. The maximum Gasteiger partial charge on any atom is 0.226 e. The van der Waals surface area contributed by atoms with E-state index in [9.17, 15) is 4.79 Å². The van der Waals surface area contributed by atoms with Gasteiger partial charge in [0.25, 0.3) is 0 Å². The van der Waals surface area contributed by atoms with E-state index in [1.165, 1.54) is 25.9 Å². The van der Waals surface area contributed by atoms with Gasteiger partial charge in [-0.2, -0.15) is 0 Å². The van der Waals surface area contributed by atoms with Crippen molar-refractivity contribution in [1.29, 1.82) is 0 Å². The number of rotatable bonds is 6. The van der Waals surface area contributed by atoms with Crippen LogP contribution in [0.2, 0.25) is 0 Å². The fraction of sp³-hybridized carbons (Fsp3) is 0.933. The van der Waals surface area contributed by atoms with Crippen molar-refractivity contribution < 1.29 is 4.79 Å². The van der Waals surface area contributed by atoms with Crippen molar-refractivity contribution in [3.8, 4) is 0 Å². The Morgan fingerprint density at radius 2 is 1.95 bits per heavy atom. The second kappa shape index (κ2) is 7.25. The fourth-order valence-electron chi connectivity index (χ4n) is 2.77. The number of carbonyl (C=O) groups excluding carboxylic acids is 1. The molecule has 0 spiro atoms. The molecule has 0 aromatic heterocycles. The van der Waals surface area contributed by atoms with Crippen LogP contribution < -0.4 is 10.6 Å². The molecule has 1 saturated heterocycles. The number of amides is 1. The first kappa shape index (κ1) is 16.4. The Balaban J connectivity index is 2.35. The standard InChI is InChI=1S/C15H31N3O/c1-6-18-9-7-13(8-10-18)12(2)17-11-15(3,4)14(19)16-5/h12-13,17H,6-11H2,1-5H3,(H,16,19). The molecule has 0 aliphatic carbocycles. The summed E-state index contributed by atoms with van der Waals surface area (Å²) in [6.45, 7) is 12.8. The Bertz CT molecular complexity index is 283. The Morgan fingerprint density at radius 1 is 1.37 bits per heavy atom. The van der Waals surface area contributed by atoms with Crippen molar-refractivity contribution >= 4 is 5.91 Å². The van der Waals surface area contributed by atoms with Gasteiger partial charge in [-0.3, -0.25) is 4.79 Å². The van der Waals surface area contributed by atoms with Gasteiger partial charge in [-0.25, -0.2) is 0 Å². The topological polar surface area (TPSA) is 44.4 Å². The molecule has 1 aliphatic rings. The molecule has 0 radical (unpaired) electrons. The summed E-state index contributed by atoms with van der Waals surface area (Å²) in [6.07, 6.45) is 2.53. The lowest BCUT2D eigenvalue weighted by Gasteiger charge is -2.35. The average Bonchev–Trinajstić information content (AvgIpc) is 2.43. The van der Waals surface area contributed by atoms with Crippen LogP contribution in [0.1, 0.15) is 40.5 Å². The summed E-state index contributed by atoms with van der Waals surface area (Å²) in [6, 6.07) is 0.489. The molecular formula is C15H31N3O. The minimum atomic E-state index is -0.340. The summed E-state index contributed by atoms with van der Waals surface area (Å²) in [5, 5.41) is 6.30. The van der Waals surface area contributed by atoms with Gasteiger partial charge in [0, 0.05) is 19.6 Å². The second-order valence-electron chi connectivity index (χ2n) is 6.40. The summed E-state index contributed by atoms with van der Waals surface area (Å²) in [5.74, 6) is 0.844. The lowest BCUT2D eigenvalue weighted by atomic mass is 9.88. The minimum absolute atomic E-state index is 0.105. The van der Waals surface area contributed by atoms with Gasteiger partial charge in [-0.1, -0.05) is 6.92 Å². The van der Waals surface area contributed by atoms with E-state index in [0.29, 0.717) is 6.04 Å². The highest BCUT2D eigenvalue weighted by atomic mass is 16.2. The van der Waals surface area contributed by atoms with Crippen LogP contribution in [0.5, 0.6) is 0 Å². The van der Waals surface area contributed by atoms with E-state index < -0.39 is 0 Å². The highest BCUT2D eigenvalue weighted by Gasteiger charge is 2.29. The van der Waals surface area contributed by atoms with Gasteiger partial charge in [0.2, 0.25) is 5.91 Å². The molecule has 112 valence electrons. The number of nitrogens with zero attached hydrogens (tertiary/aromatic N) is 1. The molecule has 1 heterocycles. The van der Waals surface area contributed by atoms with Crippen LogP contribution in [0.15, 0.2) is 0 Å². The van der Waals surface area contributed by atoms with E-state index in [4.69, 9.17) is 0 Å². The first-order valence-electron chi connectivity index (χ1n) is 7.58. The van der Waals surface area contributed by atoms with Crippen molar-refractivity contribution in [3.63, 3.8) is 0 Å². The fourth-order valence-corrected chi connectivity index (χ4v) is 2.77. The molecule has 0 saturated carbocycles. The van der Waals surface area contributed by atoms with Crippen molar-refractivity contribution in [2.24, 2.45) is 11.3 Å². The predicted molar refractivity (Wildman–Crippen MR) is 80.2 cm³/mol. The molecule has 0 aromatic rings. The molecule has 4 heteroatoms. The lowest BCUT2D eigenvalue weighted by molar-refractivity contribution is -0.128. The zero-order valence-corrected chi connectivity index (χ0v) is 13.3. The minimum Gasteiger partial charge on any atom is -0.359 e. The Morgan fingerprint density at radius 3 is 2.42 bits per heavy atom. The summed E-state index contributed by atoms with van der Waals surface area (Å²) >= 11 is 0. The normalized spacial score (nSPS) is 20.3. The molecule has 1 unspecified atom stereocenters. The highest BCUT2D eigenvalue weighted by Crippen LogP contribution is 2.21. The summed E-state index contributed by atoms with van der Waals surface area (Å²) < 4.78 is 0. The van der Waals surface area contributed by atoms with E-state index in [0.717, 1.165) is 19.0 Å². The molecule has 0 aromatic carbocycles. The second-order valence-corrected chi connectivity index (χ2v) is 6.40. The molecule has 19 heavy (non-hydrogen) atoms. The number of piperidine rings is 1. The van der Waals surface area contributed by atoms with Crippen LogP contribution in [0.4, 0.5) is 0 Å². The van der Waals surface area contributed by atoms with Gasteiger partial charge in [0.05, 0.1) is 5.41 Å². The average molecular weight is 269 g/mol. The Kier molecular flexibility index (Phi) is 6.27.